The van der Waals surface area contributed by atoms with Gasteiger partial charge < -0.3 is 5.11 Å². The molecule has 1 unspecified atom stereocenters. The van der Waals surface area contributed by atoms with Crippen molar-refractivity contribution in [2.45, 2.75) is 25.4 Å². The largest absolute Gasteiger partial charge is 0.392 e. The summed E-state index contributed by atoms with van der Waals surface area (Å²) in [5.74, 6) is -0.763. The lowest BCUT2D eigenvalue weighted by Gasteiger charge is -2.23. The summed E-state index contributed by atoms with van der Waals surface area (Å²) in [7, 11) is 0. The van der Waals surface area contributed by atoms with Gasteiger partial charge in [-0.15, -0.1) is 0 Å². The van der Waals surface area contributed by atoms with Crippen LogP contribution in [0.1, 0.15) is 19.3 Å². The Bertz CT molecular complexity index is 684. The van der Waals surface area contributed by atoms with Crippen molar-refractivity contribution in [2.24, 2.45) is 0 Å². The number of nitriles is 1. The molecule has 0 aromatic heterocycles. The number of ketones is 1. The van der Waals surface area contributed by atoms with Crippen molar-refractivity contribution in [1.29, 1.82) is 5.26 Å². The monoisotopic (exact) mass is 322 g/mol. The highest BCUT2D eigenvalue weighted by Gasteiger charge is 2.21. The van der Waals surface area contributed by atoms with Crippen LogP contribution in [0.4, 0.5) is 11.4 Å². The Hall–Kier alpha value is -2.97. The Labute approximate surface area is 140 Å². The van der Waals surface area contributed by atoms with Crippen LogP contribution < -0.4 is 4.90 Å². The number of carbonyl (C=O) groups excluding carboxylic acids is 2. The Morgan fingerprint density at radius 2 is 1.50 bits per heavy atom. The van der Waals surface area contributed by atoms with Crippen molar-refractivity contribution in [2.75, 3.05) is 4.90 Å². The van der Waals surface area contributed by atoms with Gasteiger partial charge in [0.05, 0.1) is 25.0 Å². The van der Waals surface area contributed by atoms with Crippen LogP contribution >= 0.6 is 0 Å². The molecule has 2 aromatic carbocycles. The minimum Gasteiger partial charge on any atom is -0.392 e. The number of hydrogen-bond donors (Lipinski definition) is 1. The molecule has 1 atom stereocenters. The van der Waals surface area contributed by atoms with Crippen LogP contribution in [0.15, 0.2) is 60.7 Å². The molecular weight excluding hydrogens is 304 g/mol. The van der Waals surface area contributed by atoms with Gasteiger partial charge in [-0.2, -0.15) is 5.26 Å². The number of Topliss-reactive ketones (excluding diaryl/α,β-unsaturated/α-hetero) is 1. The number of anilines is 2. The van der Waals surface area contributed by atoms with Crippen molar-refractivity contribution < 1.29 is 14.7 Å². The fourth-order valence-electron chi connectivity index (χ4n) is 2.35. The minimum absolute atomic E-state index is 0.124. The van der Waals surface area contributed by atoms with Gasteiger partial charge in [-0.05, 0) is 24.3 Å². The quantitative estimate of drug-likeness (QED) is 0.795. The number of rotatable bonds is 7. The lowest BCUT2D eigenvalue weighted by molar-refractivity contribution is -0.127. The Morgan fingerprint density at radius 1 is 1.00 bits per heavy atom. The van der Waals surface area contributed by atoms with Crippen LogP contribution in [-0.4, -0.2) is 22.9 Å². The van der Waals surface area contributed by atoms with Crippen LogP contribution in [0.3, 0.4) is 0 Å². The number of para-hydroxylation sites is 2. The van der Waals surface area contributed by atoms with Crippen LogP contribution in [0.5, 0.6) is 0 Å². The van der Waals surface area contributed by atoms with E-state index in [1.54, 1.807) is 30.3 Å². The van der Waals surface area contributed by atoms with E-state index in [9.17, 15) is 14.7 Å². The summed E-state index contributed by atoms with van der Waals surface area (Å²) < 4.78 is 0. The van der Waals surface area contributed by atoms with E-state index in [1.807, 2.05) is 36.4 Å². The highest BCUT2D eigenvalue weighted by molar-refractivity contribution is 6.09. The van der Waals surface area contributed by atoms with Crippen LogP contribution in [0, 0.1) is 11.3 Å². The fraction of sp³-hybridized carbons (Fsp3) is 0.211. The average Bonchev–Trinajstić information content (AvgIpc) is 2.57. The fourth-order valence-corrected chi connectivity index (χ4v) is 2.35. The standard InChI is InChI=1S/C19H18N2O3/c20-12-11-17(22)13-18(23)14-19(24)21(15-7-3-1-4-8-15)16-9-5-2-6-10-16/h1-10,17,22H,11,13-14H2. The Morgan fingerprint density at radius 3 is 1.96 bits per heavy atom. The van der Waals surface area contributed by atoms with E-state index in [1.165, 1.54) is 4.90 Å². The van der Waals surface area contributed by atoms with Crippen LogP contribution in [0.2, 0.25) is 0 Å². The SMILES string of the molecule is N#CCC(O)CC(=O)CC(=O)N(c1ccccc1)c1ccccc1. The van der Waals surface area contributed by atoms with E-state index in [0.29, 0.717) is 11.4 Å². The smallest absolute Gasteiger partial charge is 0.238 e. The normalized spacial score (nSPS) is 11.3. The molecule has 0 fully saturated rings. The van der Waals surface area contributed by atoms with Gasteiger partial charge in [0, 0.05) is 17.8 Å². The number of amides is 1. The first-order valence-corrected chi connectivity index (χ1v) is 7.61. The summed E-state index contributed by atoms with van der Waals surface area (Å²) in [6.45, 7) is 0. The van der Waals surface area contributed by atoms with Crippen LogP contribution in [0.25, 0.3) is 0 Å². The molecule has 0 spiro atoms. The average molecular weight is 322 g/mol. The summed E-state index contributed by atoms with van der Waals surface area (Å²) in [6, 6.07) is 19.9. The van der Waals surface area contributed by atoms with Crippen molar-refractivity contribution in [3.8, 4) is 6.07 Å². The van der Waals surface area contributed by atoms with Gasteiger partial charge in [0.15, 0.2) is 0 Å². The summed E-state index contributed by atoms with van der Waals surface area (Å²) in [6.07, 6.45) is -1.68. The second-order valence-corrected chi connectivity index (χ2v) is 5.34. The van der Waals surface area contributed by atoms with E-state index >= 15 is 0 Å². The van der Waals surface area contributed by atoms with Gasteiger partial charge >= 0.3 is 0 Å². The van der Waals surface area contributed by atoms with E-state index < -0.39 is 6.10 Å². The lowest BCUT2D eigenvalue weighted by Crippen LogP contribution is -2.29. The summed E-state index contributed by atoms with van der Waals surface area (Å²) in [4.78, 5) is 26.1. The molecular formula is C19H18N2O3. The molecule has 0 saturated carbocycles. The molecule has 0 aliphatic carbocycles. The summed E-state index contributed by atoms with van der Waals surface area (Å²) >= 11 is 0. The molecule has 2 rings (SSSR count). The molecule has 2 aromatic rings. The van der Waals surface area contributed by atoms with E-state index in [-0.39, 0.29) is 31.0 Å². The molecule has 0 aliphatic heterocycles. The van der Waals surface area contributed by atoms with E-state index in [0.717, 1.165) is 0 Å². The Balaban J connectivity index is 2.17. The third kappa shape index (κ3) is 4.77. The van der Waals surface area contributed by atoms with Gasteiger partial charge in [-0.3, -0.25) is 14.5 Å². The summed E-state index contributed by atoms with van der Waals surface area (Å²) in [5, 5.41) is 18.1. The first-order chi connectivity index (χ1) is 11.6. The van der Waals surface area contributed by atoms with Crippen molar-refractivity contribution in [1.82, 2.24) is 0 Å². The maximum absolute atomic E-state index is 12.7. The number of hydrogen-bond acceptors (Lipinski definition) is 4. The van der Waals surface area contributed by atoms with Gasteiger partial charge in [0.1, 0.15) is 5.78 Å². The summed E-state index contributed by atoms with van der Waals surface area (Å²) in [5.41, 5.74) is 1.33. The van der Waals surface area contributed by atoms with Crippen LogP contribution in [-0.2, 0) is 9.59 Å². The van der Waals surface area contributed by atoms with E-state index in [4.69, 9.17) is 5.26 Å². The molecule has 5 nitrogen and oxygen atoms in total. The molecule has 122 valence electrons. The molecule has 24 heavy (non-hydrogen) atoms. The van der Waals surface area contributed by atoms with Crippen molar-refractivity contribution in [3.63, 3.8) is 0 Å². The van der Waals surface area contributed by atoms with Gasteiger partial charge in [0.2, 0.25) is 5.91 Å². The van der Waals surface area contributed by atoms with Crippen molar-refractivity contribution in [3.05, 3.63) is 60.7 Å². The predicted octanol–water partition coefficient (Wildman–Crippen LogP) is 2.98. The molecule has 1 amide bonds. The zero-order valence-electron chi connectivity index (χ0n) is 13.1. The third-order valence-electron chi connectivity index (χ3n) is 3.42. The van der Waals surface area contributed by atoms with E-state index in [2.05, 4.69) is 0 Å². The van der Waals surface area contributed by atoms with Crippen molar-refractivity contribution >= 4 is 23.1 Å². The maximum atomic E-state index is 12.7. The number of aliphatic hydroxyl groups is 1. The molecule has 0 heterocycles. The maximum Gasteiger partial charge on any atom is 0.238 e. The molecule has 1 N–H and O–H groups in total. The van der Waals surface area contributed by atoms with Gasteiger partial charge in [-0.1, -0.05) is 36.4 Å². The topological polar surface area (TPSA) is 81.4 Å². The highest BCUT2D eigenvalue weighted by Crippen LogP contribution is 2.26. The number of benzene rings is 2. The molecule has 0 aliphatic rings. The first kappa shape index (κ1) is 17.4. The number of carbonyl (C=O) groups is 2. The zero-order valence-corrected chi connectivity index (χ0v) is 13.1. The zero-order chi connectivity index (χ0) is 17.4. The highest BCUT2D eigenvalue weighted by atomic mass is 16.3. The second-order valence-electron chi connectivity index (χ2n) is 5.34. The van der Waals surface area contributed by atoms with Gasteiger partial charge in [0.25, 0.3) is 0 Å². The van der Waals surface area contributed by atoms with Gasteiger partial charge in [-0.25, -0.2) is 0 Å². The molecule has 0 radical (unpaired) electrons. The Kier molecular flexibility index (Phi) is 6.23. The molecule has 0 bridgehead atoms. The third-order valence-corrected chi connectivity index (χ3v) is 3.42. The number of nitrogens with zero attached hydrogens (tertiary/aromatic N) is 2. The lowest BCUT2D eigenvalue weighted by atomic mass is 10.1. The molecule has 5 heteroatoms. The molecule has 0 saturated heterocycles. The minimum atomic E-state index is -1.03. The predicted molar refractivity (Wildman–Crippen MR) is 90.5 cm³/mol. The first-order valence-electron chi connectivity index (χ1n) is 7.61. The number of aliphatic hydroxyl groups excluding tert-OH is 1. The second kappa shape index (κ2) is 8.61.